The second-order valence-electron chi connectivity index (χ2n) is 4.46. The quantitative estimate of drug-likeness (QED) is 0.308. The van der Waals surface area contributed by atoms with Crippen molar-refractivity contribution in [2.24, 2.45) is 0 Å². The molecule has 2 atom stereocenters. The molecule has 0 bridgehead atoms. The first-order valence-corrected chi connectivity index (χ1v) is 6.66. The lowest BCUT2D eigenvalue weighted by Gasteiger charge is -2.17. The highest BCUT2D eigenvalue weighted by molar-refractivity contribution is 4.55. The Morgan fingerprint density at radius 3 is 1.95 bits per heavy atom. The Hall–Kier alpha value is -0.420. The lowest BCUT2D eigenvalue weighted by molar-refractivity contribution is -0.267. The molecule has 0 heterocycles. The van der Waals surface area contributed by atoms with Crippen molar-refractivity contribution in [3.63, 3.8) is 0 Å². The second-order valence-corrected chi connectivity index (χ2v) is 4.46. The van der Waals surface area contributed by atoms with Crippen LogP contribution in [0.3, 0.4) is 0 Å². The van der Waals surface area contributed by atoms with E-state index in [0.717, 1.165) is 0 Å². The largest absolute Gasteiger partial charge is 0.394 e. The van der Waals surface area contributed by atoms with Gasteiger partial charge in [-0.1, -0.05) is 0 Å². The lowest BCUT2D eigenvalue weighted by Crippen LogP contribution is -2.31. The molecule has 21 heavy (non-hydrogen) atoms. The Morgan fingerprint density at radius 1 is 0.857 bits per heavy atom. The number of halogens is 2. The van der Waals surface area contributed by atoms with Crippen LogP contribution in [0.25, 0.3) is 0 Å². The van der Waals surface area contributed by atoms with Crippen LogP contribution < -0.4 is 0 Å². The van der Waals surface area contributed by atoms with Crippen LogP contribution in [0, 0.1) is 0 Å². The van der Waals surface area contributed by atoms with Crippen LogP contribution in [0.15, 0.2) is 0 Å². The minimum Gasteiger partial charge on any atom is -0.394 e. The summed E-state index contributed by atoms with van der Waals surface area (Å²) in [7, 11) is 0. The van der Waals surface area contributed by atoms with E-state index in [1.807, 2.05) is 0 Å². The maximum atomic E-state index is 13.1. The summed E-state index contributed by atoms with van der Waals surface area (Å²) in [4.78, 5) is 0. The van der Waals surface area contributed by atoms with Crippen molar-refractivity contribution in [1.82, 2.24) is 0 Å². The number of unbranched alkanes of at least 4 members (excludes halogenated alkanes) is 1. The van der Waals surface area contributed by atoms with Gasteiger partial charge in [0.15, 0.2) is 0 Å². The van der Waals surface area contributed by atoms with E-state index in [1.165, 1.54) is 0 Å². The minimum absolute atomic E-state index is 0.00542. The second kappa shape index (κ2) is 12.2. The fraction of sp³-hybridized carbons (Fsp3) is 1.00. The van der Waals surface area contributed by atoms with E-state index in [0.29, 0.717) is 12.8 Å². The Kier molecular flexibility index (Phi) is 11.9. The van der Waals surface area contributed by atoms with Crippen molar-refractivity contribution in [1.29, 1.82) is 0 Å². The van der Waals surface area contributed by atoms with Gasteiger partial charge < -0.3 is 34.6 Å². The van der Waals surface area contributed by atoms with Crippen LogP contribution in [0.5, 0.6) is 0 Å². The molecule has 0 aliphatic heterocycles. The number of aliphatic hydroxyl groups excluding tert-OH is 4. The van der Waals surface area contributed by atoms with Gasteiger partial charge in [-0.2, -0.15) is 8.78 Å². The normalized spacial score (nSPS) is 15.1. The van der Waals surface area contributed by atoms with Gasteiger partial charge in [-0.25, -0.2) is 0 Å². The van der Waals surface area contributed by atoms with E-state index >= 15 is 0 Å². The summed E-state index contributed by atoms with van der Waals surface area (Å²) in [5.41, 5.74) is 0. The average molecular weight is 318 g/mol. The number of aliphatic hydroxyl groups is 4. The average Bonchev–Trinajstić information content (AvgIpc) is 2.45. The fourth-order valence-corrected chi connectivity index (χ4v) is 1.21. The fourth-order valence-electron chi connectivity index (χ4n) is 1.21. The first-order valence-electron chi connectivity index (χ1n) is 6.66. The highest BCUT2D eigenvalue weighted by Crippen LogP contribution is 2.16. The maximum Gasteiger partial charge on any atom is 0.379 e. The minimum atomic E-state index is -3.46. The van der Waals surface area contributed by atoms with Gasteiger partial charge in [-0.05, 0) is 12.8 Å². The summed E-state index contributed by atoms with van der Waals surface area (Å²) in [5.74, 6) is 0. The topological polar surface area (TPSA) is 109 Å². The molecule has 0 amide bonds. The zero-order valence-electron chi connectivity index (χ0n) is 11.8. The van der Waals surface area contributed by atoms with Gasteiger partial charge in [0.25, 0.3) is 0 Å². The van der Waals surface area contributed by atoms with E-state index in [2.05, 4.69) is 9.47 Å². The predicted octanol–water partition coefficient (Wildman–Crippen LogP) is -0.884. The van der Waals surface area contributed by atoms with Crippen LogP contribution in [0.4, 0.5) is 8.78 Å². The van der Waals surface area contributed by atoms with Gasteiger partial charge in [-0.15, -0.1) is 0 Å². The van der Waals surface area contributed by atoms with Gasteiger partial charge in [0, 0.05) is 6.61 Å². The molecule has 4 N–H and O–H groups in total. The zero-order chi connectivity index (χ0) is 16.1. The van der Waals surface area contributed by atoms with E-state index in [4.69, 9.17) is 25.2 Å². The SMILES string of the molecule is OCC(O)COCCCCOC(F)(F)COCC(O)CO. The number of ether oxygens (including phenoxy) is 3. The predicted molar refractivity (Wildman–Crippen MR) is 68.0 cm³/mol. The Labute approximate surface area is 122 Å². The van der Waals surface area contributed by atoms with Crippen LogP contribution in [-0.4, -0.2) is 85.0 Å². The number of hydrogen-bond donors (Lipinski definition) is 4. The Balaban J connectivity index is 3.48. The van der Waals surface area contributed by atoms with Crippen LogP contribution in [0.1, 0.15) is 12.8 Å². The molecular weight excluding hydrogens is 294 g/mol. The summed E-state index contributed by atoms with van der Waals surface area (Å²) in [6.07, 6.45) is -4.77. The van der Waals surface area contributed by atoms with Crippen molar-refractivity contribution in [3.8, 4) is 0 Å². The van der Waals surface area contributed by atoms with E-state index in [1.54, 1.807) is 0 Å². The monoisotopic (exact) mass is 318 g/mol. The molecule has 0 aliphatic carbocycles. The third-order valence-corrected chi connectivity index (χ3v) is 2.31. The van der Waals surface area contributed by atoms with E-state index in [-0.39, 0.29) is 26.4 Å². The maximum absolute atomic E-state index is 13.1. The molecule has 0 saturated heterocycles. The third kappa shape index (κ3) is 13.0. The van der Waals surface area contributed by atoms with Gasteiger partial charge in [0.1, 0.15) is 18.8 Å². The molecule has 128 valence electrons. The molecule has 0 aromatic heterocycles. The molecule has 9 heteroatoms. The summed E-state index contributed by atoms with van der Waals surface area (Å²) < 4.78 is 40.1. The van der Waals surface area contributed by atoms with Crippen molar-refractivity contribution >= 4 is 0 Å². The Morgan fingerprint density at radius 2 is 1.38 bits per heavy atom. The molecule has 0 radical (unpaired) electrons. The molecule has 0 aromatic carbocycles. The smallest absolute Gasteiger partial charge is 0.379 e. The van der Waals surface area contributed by atoms with Gasteiger partial charge in [-0.3, -0.25) is 0 Å². The van der Waals surface area contributed by atoms with Gasteiger partial charge in [0.05, 0.1) is 33.0 Å². The molecule has 0 rings (SSSR count). The zero-order valence-corrected chi connectivity index (χ0v) is 11.8. The molecule has 0 fully saturated rings. The van der Waals surface area contributed by atoms with Crippen molar-refractivity contribution < 1.29 is 43.4 Å². The Bertz CT molecular complexity index is 244. The first-order chi connectivity index (χ1) is 9.91. The molecule has 0 aromatic rings. The van der Waals surface area contributed by atoms with Crippen molar-refractivity contribution in [3.05, 3.63) is 0 Å². The lowest BCUT2D eigenvalue weighted by atomic mass is 10.3. The standard InChI is InChI=1S/C12H24F2O7/c13-12(14,9-20-8-11(18)6-16)21-4-2-1-3-19-7-10(17)5-15/h10-11,15-18H,1-9H2. The molecule has 0 spiro atoms. The van der Waals surface area contributed by atoms with E-state index in [9.17, 15) is 8.78 Å². The van der Waals surface area contributed by atoms with Gasteiger partial charge >= 0.3 is 6.11 Å². The number of rotatable bonds is 14. The number of alkyl halides is 2. The van der Waals surface area contributed by atoms with Crippen LogP contribution in [0.2, 0.25) is 0 Å². The van der Waals surface area contributed by atoms with Gasteiger partial charge in [0.2, 0.25) is 0 Å². The third-order valence-electron chi connectivity index (χ3n) is 2.31. The van der Waals surface area contributed by atoms with Crippen molar-refractivity contribution in [2.75, 3.05) is 46.2 Å². The highest BCUT2D eigenvalue weighted by Gasteiger charge is 2.30. The summed E-state index contributed by atoms with van der Waals surface area (Å²) in [6, 6.07) is 0. The summed E-state index contributed by atoms with van der Waals surface area (Å²) in [6.45, 7) is -2.26. The summed E-state index contributed by atoms with van der Waals surface area (Å²) in [5, 5.41) is 34.8. The van der Waals surface area contributed by atoms with E-state index < -0.39 is 38.1 Å². The molecule has 0 aliphatic rings. The molecule has 2 unspecified atom stereocenters. The summed E-state index contributed by atoms with van der Waals surface area (Å²) >= 11 is 0. The first kappa shape index (κ1) is 20.6. The number of hydrogen-bond acceptors (Lipinski definition) is 7. The highest BCUT2D eigenvalue weighted by atomic mass is 19.3. The van der Waals surface area contributed by atoms with Crippen LogP contribution >= 0.6 is 0 Å². The molecule has 0 saturated carbocycles. The molecular formula is C12H24F2O7. The van der Waals surface area contributed by atoms with Crippen LogP contribution in [-0.2, 0) is 14.2 Å². The molecule has 7 nitrogen and oxygen atoms in total. The van der Waals surface area contributed by atoms with Crippen molar-refractivity contribution in [2.45, 2.75) is 31.2 Å².